The normalized spacial score (nSPS) is 11.1. The Bertz CT molecular complexity index is 418. The van der Waals surface area contributed by atoms with E-state index in [0.717, 1.165) is 6.42 Å². The molecule has 0 bridgehead atoms. The van der Waals surface area contributed by atoms with E-state index in [1.54, 1.807) is 6.07 Å². The lowest BCUT2D eigenvalue weighted by atomic mass is 9.93. The van der Waals surface area contributed by atoms with Crippen molar-refractivity contribution in [1.29, 1.82) is 0 Å². The molecule has 0 atom stereocenters. The van der Waals surface area contributed by atoms with Crippen LogP contribution in [0.15, 0.2) is 18.2 Å². The second kappa shape index (κ2) is 5.76. The SMILES string of the molecule is COc1cc(C(=O)O)ccc1OCCC(C)(C)C. The summed E-state index contributed by atoms with van der Waals surface area (Å²) in [6.07, 6.45) is 0.914. The minimum absolute atomic E-state index is 0.190. The van der Waals surface area contributed by atoms with Crippen LogP contribution in [0.3, 0.4) is 0 Å². The van der Waals surface area contributed by atoms with Gasteiger partial charge in [-0.1, -0.05) is 20.8 Å². The lowest BCUT2D eigenvalue weighted by Gasteiger charge is -2.19. The van der Waals surface area contributed by atoms with Gasteiger partial charge in [0.05, 0.1) is 19.3 Å². The van der Waals surface area contributed by atoms with Crippen molar-refractivity contribution in [3.05, 3.63) is 23.8 Å². The van der Waals surface area contributed by atoms with Crippen LogP contribution in [0.2, 0.25) is 0 Å². The lowest BCUT2D eigenvalue weighted by molar-refractivity contribution is 0.0696. The first-order chi connectivity index (χ1) is 8.33. The fraction of sp³-hybridized carbons (Fsp3) is 0.500. The molecule has 0 unspecified atom stereocenters. The maximum atomic E-state index is 10.8. The molecule has 1 aromatic rings. The van der Waals surface area contributed by atoms with Crippen molar-refractivity contribution in [2.45, 2.75) is 27.2 Å². The Balaban J connectivity index is 2.74. The number of hydrogen-bond acceptors (Lipinski definition) is 3. The molecular formula is C14H20O4. The highest BCUT2D eigenvalue weighted by Gasteiger charge is 2.13. The predicted molar refractivity (Wildman–Crippen MR) is 69.5 cm³/mol. The number of carboxylic acid groups (broad SMARTS) is 1. The van der Waals surface area contributed by atoms with Crippen LogP contribution in [0.25, 0.3) is 0 Å². The summed E-state index contributed by atoms with van der Waals surface area (Å²) in [6.45, 7) is 7.00. The van der Waals surface area contributed by atoms with Gasteiger partial charge in [0, 0.05) is 0 Å². The van der Waals surface area contributed by atoms with Gasteiger partial charge in [-0.05, 0) is 30.0 Å². The Morgan fingerprint density at radius 3 is 2.44 bits per heavy atom. The summed E-state index contributed by atoms with van der Waals surface area (Å²) in [6, 6.07) is 4.61. The standard InChI is InChI=1S/C14H20O4/c1-14(2,3)7-8-18-11-6-5-10(13(15)16)9-12(11)17-4/h5-6,9H,7-8H2,1-4H3,(H,15,16). The lowest BCUT2D eigenvalue weighted by Crippen LogP contribution is -2.11. The van der Waals surface area contributed by atoms with Crippen LogP contribution in [-0.2, 0) is 0 Å². The first kappa shape index (κ1) is 14.4. The highest BCUT2D eigenvalue weighted by molar-refractivity contribution is 5.88. The molecule has 4 nitrogen and oxygen atoms in total. The monoisotopic (exact) mass is 252 g/mol. The van der Waals surface area contributed by atoms with Crippen molar-refractivity contribution in [2.24, 2.45) is 5.41 Å². The van der Waals surface area contributed by atoms with E-state index in [9.17, 15) is 4.79 Å². The third-order valence-corrected chi connectivity index (χ3v) is 2.52. The van der Waals surface area contributed by atoms with Crippen LogP contribution in [-0.4, -0.2) is 24.8 Å². The van der Waals surface area contributed by atoms with E-state index >= 15 is 0 Å². The van der Waals surface area contributed by atoms with Crippen molar-refractivity contribution >= 4 is 5.97 Å². The second-order valence-electron chi connectivity index (χ2n) is 5.33. The number of ether oxygens (including phenoxy) is 2. The fourth-order valence-electron chi connectivity index (χ4n) is 1.39. The molecule has 1 N–H and O–H groups in total. The topological polar surface area (TPSA) is 55.8 Å². The Morgan fingerprint density at radius 1 is 1.28 bits per heavy atom. The predicted octanol–water partition coefficient (Wildman–Crippen LogP) is 3.21. The molecule has 0 spiro atoms. The Hall–Kier alpha value is -1.71. The van der Waals surface area contributed by atoms with E-state index in [4.69, 9.17) is 14.6 Å². The third-order valence-electron chi connectivity index (χ3n) is 2.52. The molecule has 0 aliphatic carbocycles. The molecule has 100 valence electrons. The Kier molecular flexibility index (Phi) is 4.59. The maximum Gasteiger partial charge on any atom is 0.335 e. The molecule has 0 saturated heterocycles. The number of hydrogen-bond donors (Lipinski definition) is 1. The highest BCUT2D eigenvalue weighted by atomic mass is 16.5. The number of benzene rings is 1. The van der Waals surface area contributed by atoms with Gasteiger partial charge in [0.15, 0.2) is 11.5 Å². The molecule has 0 aliphatic rings. The number of aromatic carboxylic acids is 1. The van der Waals surface area contributed by atoms with E-state index in [0.29, 0.717) is 18.1 Å². The van der Waals surface area contributed by atoms with Crippen molar-refractivity contribution in [3.8, 4) is 11.5 Å². The van der Waals surface area contributed by atoms with Gasteiger partial charge in [-0.25, -0.2) is 4.79 Å². The van der Waals surface area contributed by atoms with E-state index in [2.05, 4.69) is 20.8 Å². The first-order valence-electron chi connectivity index (χ1n) is 5.87. The van der Waals surface area contributed by atoms with Gasteiger partial charge in [0.2, 0.25) is 0 Å². The Morgan fingerprint density at radius 2 is 1.94 bits per heavy atom. The largest absolute Gasteiger partial charge is 0.493 e. The van der Waals surface area contributed by atoms with Gasteiger partial charge in [-0.3, -0.25) is 0 Å². The third kappa shape index (κ3) is 4.28. The molecule has 0 aromatic heterocycles. The van der Waals surface area contributed by atoms with Gasteiger partial charge < -0.3 is 14.6 Å². The minimum Gasteiger partial charge on any atom is -0.493 e. The van der Waals surface area contributed by atoms with E-state index < -0.39 is 5.97 Å². The van der Waals surface area contributed by atoms with E-state index in [-0.39, 0.29) is 11.0 Å². The first-order valence-corrected chi connectivity index (χ1v) is 5.87. The molecule has 0 radical (unpaired) electrons. The molecule has 1 rings (SSSR count). The van der Waals surface area contributed by atoms with Gasteiger partial charge in [-0.2, -0.15) is 0 Å². The molecule has 1 aromatic carbocycles. The van der Waals surface area contributed by atoms with Crippen molar-refractivity contribution < 1.29 is 19.4 Å². The average molecular weight is 252 g/mol. The van der Waals surface area contributed by atoms with Crippen molar-refractivity contribution in [3.63, 3.8) is 0 Å². The molecular weight excluding hydrogens is 232 g/mol. The average Bonchev–Trinajstić information content (AvgIpc) is 2.27. The van der Waals surface area contributed by atoms with Crippen LogP contribution in [0.1, 0.15) is 37.6 Å². The number of methoxy groups -OCH3 is 1. The summed E-state index contributed by atoms with van der Waals surface area (Å²) in [4.78, 5) is 10.8. The molecule has 4 heteroatoms. The van der Waals surface area contributed by atoms with Gasteiger partial charge in [0.25, 0.3) is 0 Å². The minimum atomic E-state index is -0.977. The van der Waals surface area contributed by atoms with Crippen LogP contribution in [0, 0.1) is 5.41 Å². The van der Waals surface area contributed by atoms with Crippen LogP contribution < -0.4 is 9.47 Å². The summed E-state index contributed by atoms with van der Waals surface area (Å²) in [5.74, 6) is 0.0464. The summed E-state index contributed by atoms with van der Waals surface area (Å²) in [5, 5.41) is 8.88. The van der Waals surface area contributed by atoms with Crippen LogP contribution in [0.4, 0.5) is 0 Å². The molecule has 0 fully saturated rings. The van der Waals surface area contributed by atoms with Crippen molar-refractivity contribution in [1.82, 2.24) is 0 Å². The number of carboxylic acids is 1. The highest BCUT2D eigenvalue weighted by Crippen LogP contribution is 2.29. The second-order valence-corrected chi connectivity index (χ2v) is 5.33. The van der Waals surface area contributed by atoms with E-state index in [1.165, 1.54) is 19.2 Å². The van der Waals surface area contributed by atoms with Crippen LogP contribution >= 0.6 is 0 Å². The summed E-state index contributed by atoms with van der Waals surface area (Å²) in [5.41, 5.74) is 0.392. The van der Waals surface area contributed by atoms with Gasteiger partial charge in [0.1, 0.15) is 0 Å². The number of rotatable bonds is 5. The fourth-order valence-corrected chi connectivity index (χ4v) is 1.39. The van der Waals surface area contributed by atoms with Crippen molar-refractivity contribution in [2.75, 3.05) is 13.7 Å². The smallest absolute Gasteiger partial charge is 0.335 e. The van der Waals surface area contributed by atoms with E-state index in [1.807, 2.05) is 0 Å². The summed E-state index contributed by atoms with van der Waals surface area (Å²) in [7, 11) is 1.50. The number of carbonyl (C=O) groups is 1. The molecule has 0 saturated carbocycles. The quantitative estimate of drug-likeness (QED) is 0.874. The summed E-state index contributed by atoms with van der Waals surface area (Å²) < 4.78 is 10.8. The maximum absolute atomic E-state index is 10.8. The Labute approximate surface area is 108 Å². The zero-order valence-electron chi connectivity index (χ0n) is 11.3. The zero-order chi connectivity index (χ0) is 13.8. The molecule has 0 amide bonds. The van der Waals surface area contributed by atoms with Gasteiger partial charge >= 0.3 is 5.97 Å². The zero-order valence-corrected chi connectivity index (χ0v) is 11.3. The molecule has 0 heterocycles. The van der Waals surface area contributed by atoms with Crippen LogP contribution in [0.5, 0.6) is 11.5 Å². The molecule has 0 aliphatic heterocycles. The summed E-state index contributed by atoms with van der Waals surface area (Å²) >= 11 is 0. The van der Waals surface area contributed by atoms with Gasteiger partial charge in [-0.15, -0.1) is 0 Å². The molecule has 18 heavy (non-hydrogen) atoms.